The highest BCUT2D eigenvalue weighted by molar-refractivity contribution is 6.39. The lowest BCUT2D eigenvalue weighted by Gasteiger charge is -2.17. The average Bonchev–Trinajstić information content (AvgIpc) is 2.09. The van der Waals surface area contributed by atoms with Gasteiger partial charge < -0.3 is 0 Å². The molecule has 1 rings (SSSR count). The summed E-state index contributed by atoms with van der Waals surface area (Å²) in [7, 11) is 0. The summed E-state index contributed by atoms with van der Waals surface area (Å²) in [5.74, 6) is -0.856. The van der Waals surface area contributed by atoms with Gasteiger partial charge >= 0.3 is 0 Å². The molecule has 0 unspecified atom stereocenters. The Kier molecular flexibility index (Phi) is 3.97. The number of halogens is 3. The van der Waals surface area contributed by atoms with Gasteiger partial charge in [-0.1, -0.05) is 44.0 Å². The Morgan fingerprint density at radius 1 is 1.31 bits per heavy atom. The molecule has 0 N–H and O–H groups in total. The maximum Gasteiger partial charge on any atom is 0.166 e. The van der Waals surface area contributed by atoms with E-state index in [1.54, 1.807) is 0 Å². The third-order valence-electron chi connectivity index (χ3n) is 2.01. The molecule has 1 aromatic rings. The van der Waals surface area contributed by atoms with Crippen LogP contribution in [-0.2, 0) is 0 Å². The van der Waals surface area contributed by atoms with Crippen molar-refractivity contribution in [3.8, 4) is 0 Å². The molecule has 1 aromatic carbocycles. The first kappa shape index (κ1) is 13.5. The molecule has 0 radical (unpaired) electrons. The van der Waals surface area contributed by atoms with Crippen molar-refractivity contribution in [2.45, 2.75) is 27.2 Å². The first-order valence-corrected chi connectivity index (χ1v) is 5.64. The molecule has 0 saturated carbocycles. The van der Waals surface area contributed by atoms with Gasteiger partial charge in [-0.3, -0.25) is 4.79 Å². The van der Waals surface area contributed by atoms with Gasteiger partial charge in [0.2, 0.25) is 0 Å². The van der Waals surface area contributed by atoms with E-state index in [1.165, 1.54) is 6.07 Å². The van der Waals surface area contributed by atoms with Crippen LogP contribution < -0.4 is 0 Å². The first-order valence-electron chi connectivity index (χ1n) is 4.89. The van der Waals surface area contributed by atoms with Crippen LogP contribution >= 0.6 is 23.2 Å². The van der Waals surface area contributed by atoms with Crippen LogP contribution in [0.25, 0.3) is 0 Å². The number of ketones is 1. The van der Waals surface area contributed by atoms with Gasteiger partial charge in [-0.05, 0) is 17.5 Å². The molecule has 0 aliphatic rings. The van der Waals surface area contributed by atoms with Crippen LogP contribution in [0.15, 0.2) is 12.1 Å². The van der Waals surface area contributed by atoms with Gasteiger partial charge in [0, 0.05) is 6.42 Å². The fraction of sp³-hybridized carbons (Fsp3) is 0.417. The van der Waals surface area contributed by atoms with Crippen LogP contribution in [0, 0.1) is 11.2 Å². The second kappa shape index (κ2) is 4.72. The Morgan fingerprint density at radius 2 is 1.88 bits per heavy atom. The van der Waals surface area contributed by atoms with E-state index in [9.17, 15) is 9.18 Å². The summed E-state index contributed by atoms with van der Waals surface area (Å²) in [6.07, 6.45) is 0.274. The number of Topliss-reactive ketones (excluding diaryl/α,β-unsaturated/α-hetero) is 1. The normalized spacial score (nSPS) is 11.6. The standard InChI is InChI=1S/C12H13Cl2FO/c1-12(2,3)6-9(16)10-7(13)4-5-8(15)11(10)14/h4-5H,6H2,1-3H3. The molecule has 0 aliphatic heterocycles. The maximum atomic E-state index is 13.2. The number of benzene rings is 1. The Bertz CT molecular complexity index is 422. The molecule has 0 amide bonds. The van der Waals surface area contributed by atoms with Crippen molar-refractivity contribution in [3.63, 3.8) is 0 Å². The average molecular weight is 263 g/mol. The highest BCUT2D eigenvalue weighted by atomic mass is 35.5. The predicted octanol–water partition coefficient (Wildman–Crippen LogP) is 4.75. The van der Waals surface area contributed by atoms with Gasteiger partial charge in [-0.15, -0.1) is 0 Å². The molecule has 4 heteroatoms. The molecular formula is C12H13Cl2FO. The van der Waals surface area contributed by atoms with Crippen molar-refractivity contribution in [1.29, 1.82) is 0 Å². The molecule has 0 heterocycles. The maximum absolute atomic E-state index is 13.2. The van der Waals surface area contributed by atoms with Crippen LogP contribution in [0.2, 0.25) is 10.0 Å². The molecule has 0 spiro atoms. The largest absolute Gasteiger partial charge is 0.294 e. The molecular weight excluding hydrogens is 250 g/mol. The fourth-order valence-corrected chi connectivity index (χ4v) is 1.93. The zero-order valence-electron chi connectivity index (χ0n) is 9.40. The summed E-state index contributed by atoms with van der Waals surface area (Å²) >= 11 is 11.6. The first-order chi connectivity index (χ1) is 7.22. The topological polar surface area (TPSA) is 17.1 Å². The molecule has 0 atom stereocenters. The lowest BCUT2D eigenvalue weighted by atomic mass is 9.88. The van der Waals surface area contributed by atoms with E-state index in [0.717, 1.165) is 6.07 Å². The van der Waals surface area contributed by atoms with Crippen LogP contribution in [0.3, 0.4) is 0 Å². The minimum absolute atomic E-state index is 0.0817. The summed E-state index contributed by atoms with van der Waals surface area (Å²) in [4.78, 5) is 11.9. The second-order valence-corrected chi connectivity index (χ2v) is 5.66. The van der Waals surface area contributed by atoms with Gasteiger partial charge in [0.15, 0.2) is 5.78 Å². The number of rotatable bonds is 2. The molecule has 0 aliphatic carbocycles. The van der Waals surface area contributed by atoms with Crippen molar-refractivity contribution in [3.05, 3.63) is 33.6 Å². The quantitative estimate of drug-likeness (QED) is 0.555. The number of hydrogen-bond acceptors (Lipinski definition) is 1. The van der Waals surface area contributed by atoms with Gasteiger partial charge in [-0.2, -0.15) is 0 Å². The van der Waals surface area contributed by atoms with Crippen molar-refractivity contribution in [2.24, 2.45) is 5.41 Å². The van der Waals surface area contributed by atoms with Crippen LogP contribution in [0.5, 0.6) is 0 Å². The molecule has 1 nitrogen and oxygen atoms in total. The number of carbonyl (C=O) groups is 1. The van der Waals surface area contributed by atoms with E-state index < -0.39 is 5.82 Å². The van der Waals surface area contributed by atoms with Crippen molar-refractivity contribution in [2.75, 3.05) is 0 Å². The predicted molar refractivity (Wildman–Crippen MR) is 64.8 cm³/mol. The van der Waals surface area contributed by atoms with Crippen molar-refractivity contribution in [1.82, 2.24) is 0 Å². The molecule has 0 bridgehead atoms. The van der Waals surface area contributed by atoms with E-state index in [-0.39, 0.29) is 33.2 Å². The summed E-state index contributed by atoms with van der Waals surface area (Å²) in [5.41, 5.74) is -0.103. The zero-order valence-corrected chi connectivity index (χ0v) is 10.9. The fourth-order valence-electron chi connectivity index (χ4n) is 1.35. The molecule has 0 saturated heterocycles. The Morgan fingerprint density at radius 3 is 2.38 bits per heavy atom. The smallest absolute Gasteiger partial charge is 0.166 e. The SMILES string of the molecule is CC(C)(C)CC(=O)c1c(Cl)ccc(F)c1Cl. The van der Waals surface area contributed by atoms with Crippen LogP contribution in [-0.4, -0.2) is 5.78 Å². The highest BCUT2D eigenvalue weighted by Gasteiger charge is 2.22. The Labute approximate surface area is 105 Å². The van der Waals surface area contributed by atoms with Gasteiger partial charge in [-0.25, -0.2) is 4.39 Å². The number of carbonyl (C=O) groups excluding carboxylic acids is 1. The van der Waals surface area contributed by atoms with Crippen LogP contribution in [0.1, 0.15) is 37.6 Å². The zero-order chi connectivity index (χ0) is 12.5. The van der Waals surface area contributed by atoms with Crippen molar-refractivity contribution < 1.29 is 9.18 Å². The minimum Gasteiger partial charge on any atom is -0.294 e. The lowest BCUT2D eigenvalue weighted by molar-refractivity contribution is 0.0940. The third-order valence-corrected chi connectivity index (χ3v) is 2.70. The highest BCUT2D eigenvalue weighted by Crippen LogP contribution is 2.31. The van der Waals surface area contributed by atoms with Crippen molar-refractivity contribution >= 4 is 29.0 Å². The molecule has 16 heavy (non-hydrogen) atoms. The second-order valence-electron chi connectivity index (χ2n) is 4.88. The molecule has 88 valence electrons. The van der Waals surface area contributed by atoms with E-state index in [0.29, 0.717) is 0 Å². The minimum atomic E-state index is -0.622. The van der Waals surface area contributed by atoms with Gasteiger partial charge in [0.1, 0.15) is 5.82 Å². The summed E-state index contributed by atoms with van der Waals surface area (Å²) in [6, 6.07) is 2.50. The Hall–Kier alpha value is -0.600. The summed E-state index contributed by atoms with van der Waals surface area (Å²) in [5, 5.41) is 0.00222. The summed E-state index contributed by atoms with van der Waals surface area (Å²) < 4.78 is 13.2. The van der Waals surface area contributed by atoms with Crippen LogP contribution in [0.4, 0.5) is 4.39 Å². The monoisotopic (exact) mass is 262 g/mol. The lowest BCUT2D eigenvalue weighted by Crippen LogP contribution is -2.14. The number of hydrogen-bond donors (Lipinski definition) is 0. The van der Waals surface area contributed by atoms with E-state index in [4.69, 9.17) is 23.2 Å². The van der Waals surface area contributed by atoms with E-state index in [2.05, 4.69) is 0 Å². The summed E-state index contributed by atoms with van der Waals surface area (Å²) in [6.45, 7) is 5.77. The molecule has 0 aromatic heterocycles. The van der Waals surface area contributed by atoms with Gasteiger partial charge in [0.25, 0.3) is 0 Å². The van der Waals surface area contributed by atoms with E-state index in [1.807, 2.05) is 20.8 Å². The van der Waals surface area contributed by atoms with E-state index >= 15 is 0 Å². The third kappa shape index (κ3) is 3.19. The van der Waals surface area contributed by atoms with Gasteiger partial charge in [0.05, 0.1) is 15.6 Å². The molecule has 0 fully saturated rings. The Balaban J connectivity index is 3.14.